The molecule has 0 aliphatic heterocycles. The zero-order chi connectivity index (χ0) is 9.30. The minimum atomic E-state index is -0.552. The molecule has 62 valence electrons. The zero-order valence-corrected chi connectivity index (χ0v) is 7.94. The standard InChI is InChI=1S/C8H6BrFN2/c1-4-6(9)2-7(12)5(3-11)8(4)10/h2H,12H2,1H3. The molecule has 0 atom stereocenters. The zero-order valence-electron chi connectivity index (χ0n) is 6.36. The van der Waals surface area contributed by atoms with Crippen LogP contribution in [0.4, 0.5) is 10.1 Å². The number of nitrogens with two attached hydrogens (primary N) is 1. The number of nitrogen functional groups attached to an aromatic ring is 1. The van der Waals surface area contributed by atoms with Crippen molar-refractivity contribution in [2.75, 3.05) is 5.73 Å². The average molecular weight is 229 g/mol. The Morgan fingerprint density at radius 1 is 1.67 bits per heavy atom. The van der Waals surface area contributed by atoms with E-state index in [1.807, 2.05) is 0 Å². The van der Waals surface area contributed by atoms with E-state index < -0.39 is 5.82 Å². The number of hydrogen-bond acceptors (Lipinski definition) is 2. The fourth-order valence-corrected chi connectivity index (χ4v) is 1.27. The number of benzene rings is 1. The van der Waals surface area contributed by atoms with Crippen LogP contribution in [0.5, 0.6) is 0 Å². The predicted octanol–water partition coefficient (Wildman–Crippen LogP) is 2.35. The highest BCUT2D eigenvalue weighted by Crippen LogP contribution is 2.26. The van der Waals surface area contributed by atoms with Gasteiger partial charge in [0, 0.05) is 10.0 Å². The molecule has 0 fully saturated rings. The van der Waals surface area contributed by atoms with Crippen molar-refractivity contribution < 1.29 is 4.39 Å². The second-order valence-corrected chi connectivity index (χ2v) is 3.23. The van der Waals surface area contributed by atoms with Crippen molar-refractivity contribution in [1.82, 2.24) is 0 Å². The summed E-state index contributed by atoms with van der Waals surface area (Å²) in [6, 6.07) is 3.24. The Morgan fingerprint density at radius 3 is 2.75 bits per heavy atom. The summed E-state index contributed by atoms with van der Waals surface area (Å²) in [5, 5.41) is 8.53. The molecule has 2 N–H and O–H groups in total. The molecular weight excluding hydrogens is 223 g/mol. The van der Waals surface area contributed by atoms with E-state index in [1.165, 1.54) is 6.07 Å². The average Bonchev–Trinajstić information content (AvgIpc) is 2.01. The van der Waals surface area contributed by atoms with Crippen LogP contribution in [-0.4, -0.2) is 0 Å². The van der Waals surface area contributed by atoms with Gasteiger partial charge in [-0.2, -0.15) is 5.26 Å². The Hall–Kier alpha value is -1.08. The lowest BCUT2D eigenvalue weighted by Crippen LogP contribution is -1.97. The van der Waals surface area contributed by atoms with Gasteiger partial charge in [-0.25, -0.2) is 4.39 Å². The van der Waals surface area contributed by atoms with E-state index in [0.29, 0.717) is 10.0 Å². The Balaban J connectivity index is 3.54. The third kappa shape index (κ3) is 1.28. The quantitative estimate of drug-likeness (QED) is 0.694. The van der Waals surface area contributed by atoms with Crippen molar-refractivity contribution in [3.63, 3.8) is 0 Å². The Morgan fingerprint density at radius 2 is 2.25 bits per heavy atom. The van der Waals surface area contributed by atoms with Gasteiger partial charge in [-0.15, -0.1) is 0 Å². The Bertz CT molecular complexity index is 368. The molecule has 2 nitrogen and oxygen atoms in total. The summed E-state index contributed by atoms with van der Waals surface area (Å²) in [5.41, 5.74) is 5.88. The van der Waals surface area contributed by atoms with Crippen molar-refractivity contribution in [1.29, 1.82) is 5.26 Å². The van der Waals surface area contributed by atoms with Gasteiger partial charge in [0.05, 0.1) is 5.69 Å². The van der Waals surface area contributed by atoms with Crippen molar-refractivity contribution in [2.24, 2.45) is 0 Å². The molecule has 0 saturated carbocycles. The summed E-state index contributed by atoms with van der Waals surface area (Å²) in [7, 11) is 0. The Kier molecular flexibility index (Phi) is 2.34. The van der Waals surface area contributed by atoms with Crippen molar-refractivity contribution in [2.45, 2.75) is 6.92 Å². The summed E-state index contributed by atoms with van der Waals surface area (Å²) in [6.45, 7) is 1.58. The van der Waals surface area contributed by atoms with Crippen LogP contribution in [0.2, 0.25) is 0 Å². The first-order valence-electron chi connectivity index (χ1n) is 3.22. The van der Waals surface area contributed by atoms with Crippen LogP contribution in [0, 0.1) is 24.1 Å². The molecule has 0 bridgehead atoms. The van der Waals surface area contributed by atoms with Crippen LogP contribution in [-0.2, 0) is 0 Å². The maximum Gasteiger partial charge on any atom is 0.147 e. The van der Waals surface area contributed by atoms with Gasteiger partial charge in [-0.1, -0.05) is 15.9 Å². The lowest BCUT2D eigenvalue weighted by atomic mass is 10.1. The monoisotopic (exact) mass is 228 g/mol. The van der Waals surface area contributed by atoms with Gasteiger partial charge < -0.3 is 5.73 Å². The first-order valence-corrected chi connectivity index (χ1v) is 4.01. The van der Waals surface area contributed by atoms with Gasteiger partial charge >= 0.3 is 0 Å². The summed E-state index contributed by atoms with van der Waals surface area (Å²) < 4.78 is 13.8. The van der Waals surface area contributed by atoms with Gasteiger partial charge in [-0.05, 0) is 13.0 Å². The maximum absolute atomic E-state index is 13.2. The van der Waals surface area contributed by atoms with Gasteiger partial charge in [0.2, 0.25) is 0 Å². The van der Waals surface area contributed by atoms with Crippen LogP contribution in [0.1, 0.15) is 11.1 Å². The highest BCUT2D eigenvalue weighted by molar-refractivity contribution is 9.10. The lowest BCUT2D eigenvalue weighted by Gasteiger charge is -2.04. The van der Waals surface area contributed by atoms with Crippen molar-refractivity contribution in [3.05, 3.63) is 27.5 Å². The van der Waals surface area contributed by atoms with Crippen molar-refractivity contribution >= 4 is 21.6 Å². The maximum atomic E-state index is 13.2. The van der Waals surface area contributed by atoms with E-state index in [1.54, 1.807) is 13.0 Å². The third-order valence-corrected chi connectivity index (χ3v) is 2.41. The smallest absolute Gasteiger partial charge is 0.147 e. The number of anilines is 1. The summed E-state index contributed by atoms with van der Waals surface area (Å²) in [4.78, 5) is 0. The molecule has 0 aromatic heterocycles. The molecule has 4 heteroatoms. The molecule has 1 rings (SSSR count). The number of nitriles is 1. The van der Waals surface area contributed by atoms with E-state index >= 15 is 0 Å². The molecule has 0 unspecified atom stereocenters. The molecule has 0 amide bonds. The highest BCUT2D eigenvalue weighted by atomic mass is 79.9. The summed E-state index contributed by atoms with van der Waals surface area (Å²) >= 11 is 3.13. The second kappa shape index (κ2) is 3.11. The molecule has 0 heterocycles. The highest BCUT2D eigenvalue weighted by Gasteiger charge is 2.11. The van der Waals surface area contributed by atoms with Crippen LogP contribution in [0.25, 0.3) is 0 Å². The fraction of sp³-hybridized carbons (Fsp3) is 0.125. The number of halogens is 2. The van der Waals surface area contributed by atoms with Gasteiger partial charge in [-0.3, -0.25) is 0 Å². The molecular formula is C8H6BrFN2. The van der Waals surface area contributed by atoms with Gasteiger partial charge in [0.25, 0.3) is 0 Å². The molecule has 1 aromatic rings. The molecule has 0 aliphatic rings. The first-order chi connectivity index (χ1) is 5.57. The SMILES string of the molecule is Cc1c(Br)cc(N)c(C#N)c1F. The van der Waals surface area contributed by atoms with E-state index in [-0.39, 0.29) is 11.3 Å². The number of nitrogens with zero attached hydrogens (tertiary/aromatic N) is 1. The molecule has 0 saturated heterocycles. The van der Waals surface area contributed by atoms with Gasteiger partial charge in [0.15, 0.2) is 0 Å². The van der Waals surface area contributed by atoms with Crippen LogP contribution in [0.3, 0.4) is 0 Å². The van der Waals surface area contributed by atoms with Gasteiger partial charge in [0.1, 0.15) is 17.4 Å². The Labute approximate surface area is 77.9 Å². The van der Waals surface area contributed by atoms with Crippen molar-refractivity contribution in [3.8, 4) is 6.07 Å². The van der Waals surface area contributed by atoms with E-state index in [0.717, 1.165) is 0 Å². The molecule has 1 aromatic carbocycles. The van der Waals surface area contributed by atoms with Crippen LogP contribution >= 0.6 is 15.9 Å². The molecule has 0 radical (unpaired) electrons. The van der Waals surface area contributed by atoms with E-state index in [9.17, 15) is 4.39 Å². The summed E-state index contributed by atoms with van der Waals surface area (Å²) in [5.74, 6) is -0.552. The second-order valence-electron chi connectivity index (χ2n) is 2.37. The number of hydrogen-bond donors (Lipinski definition) is 1. The van der Waals surface area contributed by atoms with Crippen LogP contribution < -0.4 is 5.73 Å². The summed E-state index contributed by atoms with van der Waals surface area (Å²) in [6.07, 6.45) is 0. The van der Waals surface area contributed by atoms with E-state index in [4.69, 9.17) is 11.0 Å². The first kappa shape index (κ1) is 9.01. The van der Waals surface area contributed by atoms with Crippen LogP contribution in [0.15, 0.2) is 10.5 Å². The topological polar surface area (TPSA) is 49.8 Å². The van der Waals surface area contributed by atoms with E-state index in [2.05, 4.69) is 15.9 Å². The lowest BCUT2D eigenvalue weighted by molar-refractivity contribution is 0.614. The number of rotatable bonds is 0. The predicted molar refractivity (Wildman–Crippen MR) is 48.0 cm³/mol. The minimum absolute atomic E-state index is 0.0873. The normalized spacial score (nSPS) is 9.50. The molecule has 0 aliphatic carbocycles. The largest absolute Gasteiger partial charge is 0.398 e. The third-order valence-electron chi connectivity index (χ3n) is 1.59. The molecule has 12 heavy (non-hydrogen) atoms. The molecule has 0 spiro atoms. The minimum Gasteiger partial charge on any atom is -0.398 e. The fourth-order valence-electron chi connectivity index (χ4n) is 0.850.